The third kappa shape index (κ3) is 1.45. The maximum Gasteiger partial charge on any atom is 0.154 e. The highest BCUT2D eigenvalue weighted by molar-refractivity contribution is 9.10. The lowest BCUT2D eigenvalue weighted by molar-refractivity contribution is 0.942. The fourth-order valence-electron chi connectivity index (χ4n) is 1.49. The lowest BCUT2D eigenvalue weighted by Crippen LogP contribution is -1.91. The molecule has 3 aromatic rings. The van der Waals surface area contributed by atoms with Gasteiger partial charge in [0.1, 0.15) is 4.60 Å². The van der Waals surface area contributed by atoms with Crippen LogP contribution in [-0.4, -0.2) is 19.6 Å². The van der Waals surface area contributed by atoms with Gasteiger partial charge in [-0.25, -0.2) is 9.50 Å². The average Bonchev–Trinajstić information content (AvgIpc) is 2.82. The molecule has 0 aromatic carbocycles. The molecule has 0 aliphatic carbocycles. The van der Waals surface area contributed by atoms with Crippen LogP contribution in [0.1, 0.15) is 0 Å². The number of nitrogens with one attached hydrogen (secondary N) is 1. The molecule has 1 N–H and O–H groups in total. The van der Waals surface area contributed by atoms with Crippen molar-refractivity contribution in [1.82, 2.24) is 19.6 Å². The molecule has 0 atom stereocenters. The molecule has 0 saturated carbocycles. The van der Waals surface area contributed by atoms with E-state index in [0.29, 0.717) is 0 Å². The number of nitrogens with zero attached hydrogens (tertiary/aromatic N) is 3. The van der Waals surface area contributed by atoms with Gasteiger partial charge in [-0.2, -0.15) is 5.10 Å². The summed E-state index contributed by atoms with van der Waals surface area (Å²) >= 11 is 3.32. The normalized spacial score (nSPS) is 11.0. The molecule has 15 heavy (non-hydrogen) atoms. The van der Waals surface area contributed by atoms with Crippen LogP contribution in [0.25, 0.3) is 16.9 Å². The summed E-state index contributed by atoms with van der Waals surface area (Å²) in [5.74, 6) is 0. The van der Waals surface area contributed by atoms with Gasteiger partial charge in [0.2, 0.25) is 0 Å². The van der Waals surface area contributed by atoms with Crippen LogP contribution in [0.15, 0.2) is 41.4 Å². The number of halogens is 1. The van der Waals surface area contributed by atoms with E-state index in [9.17, 15) is 0 Å². The van der Waals surface area contributed by atoms with Crippen molar-refractivity contribution in [3.8, 4) is 11.3 Å². The predicted octanol–water partition coefficient (Wildman–Crippen LogP) is 2.49. The zero-order chi connectivity index (χ0) is 10.3. The van der Waals surface area contributed by atoms with Gasteiger partial charge in [-0.3, -0.25) is 0 Å². The van der Waals surface area contributed by atoms with E-state index in [-0.39, 0.29) is 0 Å². The molecule has 0 aliphatic heterocycles. The molecule has 0 radical (unpaired) electrons. The fraction of sp³-hybridized carbons (Fsp3) is 0. The second-order valence-corrected chi connectivity index (χ2v) is 4.00. The predicted molar refractivity (Wildman–Crippen MR) is 60.5 cm³/mol. The Labute approximate surface area is 94.1 Å². The summed E-state index contributed by atoms with van der Waals surface area (Å²) in [6.07, 6.45) is 5.64. The van der Waals surface area contributed by atoms with Gasteiger partial charge in [0, 0.05) is 18.0 Å². The summed E-state index contributed by atoms with van der Waals surface area (Å²) in [5, 5.41) is 4.44. The number of imidazole rings is 1. The highest BCUT2D eigenvalue weighted by atomic mass is 79.9. The van der Waals surface area contributed by atoms with Crippen molar-refractivity contribution in [3.63, 3.8) is 0 Å². The number of fused-ring (bicyclic) bond motifs is 1. The van der Waals surface area contributed by atoms with E-state index >= 15 is 0 Å². The maximum atomic E-state index is 4.44. The van der Waals surface area contributed by atoms with Crippen LogP contribution in [0.4, 0.5) is 0 Å². The van der Waals surface area contributed by atoms with Gasteiger partial charge in [-0.15, -0.1) is 0 Å². The highest BCUT2D eigenvalue weighted by Gasteiger charge is 2.03. The number of aromatic amines is 1. The summed E-state index contributed by atoms with van der Waals surface area (Å²) in [6.45, 7) is 0. The van der Waals surface area contributed by atoms with E-state index in [1.807, 2.05) is 36.8 Å². The number of hydrogen-bond donors (Lipinski definition) is 1. The molecule has 0 fully saturated rings. The van der Waals surface area contributed by atoms with Crippen molar-refractivity contribution in [2.45, 2.75) is 0 Å². The fourth-order valence-corrected chi connectivity index (χ4v) is 1.87. The molecule has 74 valence electrons. The molecule has 5 heteroatoms. The highest BCUT2D eigenvalue weighted by Crippen LogP contribution is 2.17. The quantitative estimate of drug-likeness (QED) is 0.733. The first-order valence-electron chi connectivity index (χ1n) is 4.48. The molecule has 0 unspecified atom stereocenters. The maximum absolute atomic E-state index is 4.44. The van der Waals surface area contributed by atoms with Crippen LogP contribution in [0.3, 0.4) is 0 Å². The number of hydrogen-bond acceptors (Lipinski definition) is 2. The molecule has 0 saturated heterocycles. The molecule has 4 nitrogen and oxygen atoms in total. The van der Waals surface area contributed by atoms with Crippen LogP contribution in [0.5, 0.6) is 0 Å². The van der Waals surface area contributed by atoms with E-state index in [4.69, 9.17) is 0 Å². The van der Waals surface area contributed by atoms with E-state index in [1.165, 1.54) is 0 Å². The van der Waals surface area contributed by atoms with Gasteiger partial charge in [0.15, 0.2) is 5.65 Å². The molecule has 3 heterocycles. The molecule has 0 bridgehead atoms. The van der Waals surface area contributed by atoms with Gasteiger partial charge < -0.3 is 4.98 Å². The van der Waals surface area contributed by atoms with Crippen molar-refractivity contribution < 1.29 is 0 Å². The van der Waals surface area contributed by atoms with Crippen LogP contribution in [0.2, 0.25) is 0 Å². The third-order valence-electron chi connectivity index (χ3n) is 2.18. The Bertz CT molecular complexity index is 597. The molecule has 0 aliphatic rings. The number of aromatic nitrogens is 4. The first kappa shape index (κ1) is 8.67. The first-order chi connectivity index (χ1) is 7.33. The van der Waals surface area contributed by atoms with Crippen molar-refractivity contribution in [2.75, 3.05) is 0 Å². The summed E-state index contributed by atoms with van der Waals surface area (Å²) in [4.78, 5) is 7.25. The zero-order valence-corrected chi connectivity index (χ0v) is 9.27. The minimum absolute atomic E-state index is 0.793. The van der Waals surface area contributed by atoms with Crippen LogP contribution in [0, 0.1) is 0 Å². The Hall–Kier alpha value is -1.62. The molecular weight excluding hydrogens is 256 g/mol. The largest absolute Gasteiger partial charge is 0.367 e. The molecule has 3 rings (SSSR count). The second-order valence-electron chi connectivity index (χ2n) is 3.18. The van der Waals surface area contributed by atoms with Gasteiger partial charge in [0.25, 0.3) is 0 Å². The zero-order valence-electron chi connectivity index (χ0n) is 7.68. The Balaban J connectivity index is 2.21. The summed E-state index contributed by atoms with van der Waals surface area (Å²) < 4.78 is 2.55. The standard InChI is InChI=1S/C10H7BrN4/c11-9-6-15-10(13-9)2-1-8(14-15)7-3-4-12-5-7/h1-6,12H. The van der Waals surface area contributed by atoms with Crippen molar-refractivity contribution in [1.29, 1.82) is 0 Å². The Morgan fingerprint density at radius 2 is 2.20 bits per heavy atom. The van der Waals surface area contributed by atoms with Crippen molar-refractivity contribution in [3.05, 3.63) is 41.4 Å². The Morgan fingerprint density at radius 1 is 1.27 bits per heavy atom. The van der Waals surface area contributed by atoms with E-state index < -0.39 is 0 Å². The van der Waals surface area contributed by atoms with Crippen LogP contribution < -0.4 is 0 Å². The topological polar surface area (TPSA) is 46.0 Å². The van der Waals surface area contributed by atoms with Crippen LogP contribution >= 0.6 is 15.9 Å². The molecule has 3 aromatic heterocycles. The lowest BCUT2D eigenvalue weighted by Gasteiger charge is -1.97. The van der Waals surface area contributed by atoms with E-state index in [0.717, 1.165) is 21.5 Å². The Morgan fingerprint density at radius 3 is 3.00 bits per heavy atom. The molecule has 0 spiro atoms. The monoisotopic (exact) mass is 262 g/mol. The molecular formula is C10H7BrN4. The SMILES string of the molecule is Brc1cn2nc(-c3cc[nH]c3)ccc2n1. The number of rotatable bonds is 1. The van der Waals surface area contributed by atoms with Gasteiger partial charge in [-0.1, -0.05) is 0 Å². The third-order valence-corrected chi connectivity index (χ3v) is 2.57. The van der Waals surface area contributed by atoms with E-state index in [1.54, 1.807) is 4.52 Å². The van der Waals surface area contributed by atoms with Crippen molar-refractivity contribution in [2.24, 2.45) is 0 Å². The van der Waals surface area contributed by atoms with Crippen LogP contribution in [-0.2, 0) is 0 Å². The first-order valence-corrected chi connectivity index (χ1v) is 5.27. The smallest absolute Gasteiger partial charge is 0.154 e. The van der Waals surface area contributed by atoms with Gasteiger partial charge >= 0.3 is 0 Å². The van der Waals surface area contributed by atoms with Crippen molar-refractivity contribution >= 4 is 21.6 Å². The average molecular weight is 263 g/mol. The van der Waals surface area contributed by atoms with Gasteiger partial charge in [0.05, 0.1) is 11.9 Å². The Kier molecular flexibility index (Phi) is 1.85. The molecule has 0 amide bonds. The van der Waals surface area contributed by atoms with E-state index in [2.05, 4.69) is 31.0 Å². The minimum Gasteiger partial charge on any atom is -0.367 e. The summed E-state index contributed by atoms with van der Waals surface area (Å²) in [5.41, 5.74) is 2.83. The number of H-pyrrole nitrogens is 1. The second kappa shape index (κ2) is 3.20. The lowest BCUT2D eigenvalue weighted by atomic mass is 10.2. The summed E-state index contributed by atoms with van der Waals surface area (Å²) in [7, 11) is 0. The summed E-state index contributed by atoms with van der Waals surface area (Å²) in [6, 6.07) is 5.89. The van der Waals surface area contributed by atoms with Gasteiger partial charge in [-0.05, 0) is 34.1 Å². The minimum atomic E-state index is 0.793.